The quantitative estimate of drug-likeness (QED) is 0.780. The van der Waals surface area contributed by atoms with E-state index in [9.17, 15) is 0 Å². The number of benzene rings is 1. The number of nitrogens with zero attached hydrogens (tertiary/aromatic N) is 3. The van der Waals surface area contributed by atoms with E-state index in [1.54, 1.807) is 11.3 Å². The fourth-order valence-corrected chi connectivity index (χ4v) is 3.09. The van der Waals surface area contributed by atoms with E-state index in [0.29, 0.717) is 0 Å². The van der Waals surface area contributed by atoms with Crippen LogP contribution in [-0.4, -0.2) is 14.5 Å². The third kappa shape index (κ3) is 2.97. The maximum atomic E-state index is 4.59. The number of aromatic nitrogens is 3. The molecule has 0 radical (unpaired) electrons. The average molecular weight is 298 g/mol. The lowest BCUT2D eigenvalue weighted by Gasteiger charge is -2.15. The van der Waals surface area contributed by atoms with Crippen molar-refractivity contribution < 1.29 is 0 Å². The molecule has 0 aliphatic heterocycles. The summed E-state index contributed by atoms with van der Waals surface area (Å²) in [5, 5.41) is 6.56. The SMILES string of the molecule is Cc1csc(C(C)n2cc(C)nc2Nc2ccccc2)n1. The van der Waals surface area contributed by atoms with Crippen LogP contribution in [0.2, 0.25) is 0 Å². The van der Waals surface area contributed by atoms with E-state index in [0.717, 1.165) is 28.0 Å². The van der Waals surface area contributed by atoms with Gasteiger partial charge in [-0.1, -0.05) is 18.2 Å². The Labute approximate surface area is 128 Å². The minimum absolute atomic E-state index is 0.163. The second kappa shape index (κ2) is 5.69. The minimum Gasteiger partial charge on any atom is -0.326 e. The second-order valence-electron chi connectivity index (χ2n) is 5.11. The minimum atomic E-state index is 0.163. The van der Waals surface area contributed by atoms with Crippen LogP contribution in [0.1, 0.15) is 29.4 Å². The summed E-state index contributed by atoms with van der Waals surface area (Å²) >= 11 is 1.69. The molecule has 1 unspecified atom stereocenters. The van der Waals surface area contributed by atoms with Crippen LogP contribution in [0.4, 0.5) is 11.6 Å². The second-order valence-corrected chi connectivity index (χ2v) is 6.00. The van der Waals surface area contributed by atoms with Crippen molar-refractivity contribution in [2.75, 3.05) is 5.32 Å². The Morgan fingerprint density at radius 2 is 1.86 bits per heavy atom. The van der Waals surface area contributed by atoms with Crippen molar-refractivity contribution in [3.05, 3.63) is 58.3 Å². The van der Waals surface area contributed by atoms with E-state index in [4.69, 9.17) is 0 Å². The standard InChI is InChI=1S/C16H18N4S/c1-11-9-20(13(3)15-17-12(2)10-21-15)16(18-11)19-14-7-5-4-6-8-14/h4-10,13H,1-3H3,(H,18,19). The maximum absolute atomic E-state index is 4.59. The molecule has 1 N–H and O–H groups in total. The normalized spacial score (nSPS) is 12.3. The van der Waals surface area contributed by atoms with Crippen LogP contribution in [0.15, 0.2) is 41.9 Å². The van der Waals surface area contributed by atoms with Crippen molar-refractivity contribution in [3.8, 4) is 0 Å². The number of aryl methyl sites for hydroxylation is 2. The fraction of sp³-hybridized carbons (Fsp3) is 0.250. The average Bonchev–Trinajstić information content (AvgIpc) is 3.05. The van der Waals surface area contributed by atoms with Crippen molar-refractivity contribution in [1.82, 2.24) is 14.5 Å². The van der Waals surface area contributed by atoms with Gasteiger partial charge in [0.25, 0.3) is 0 Å². The number of para-hydroxylation sites is 1. The molecule has 0 fully saturated rings. The third-order valence-corrected chi connectivity index (χ3v) is 4.43. The zero-order valence-corrected chi connectivity index (χ0v) is 13.2. The number of anilines is 2. The zero-order chi connectivity index (χ0) is 14.8. The molecule has 2 aromatic heterocycles. The highest BCUT2D eigenvalue weighted by molar-refractivity contribution is 7.09. The van der Waals surface area contributed by atoms with Gasteiger partial charge < -0.3 is 9.88 Å². The lowest BCUT2D eigenvalue weighted by atomic mass is 10.3. The molecule has 0 aliphatic rings. The van der Waals surface area contributed by atoms with Crippen molar-refractivity contribution >= 4 is 23.0 Å². The molecule has 4 nitrogen and oxygen atoms in total. The van der Waals surface area contributed by atoms with Gasteiger partial charge in [-0.05, 0) is 32.9 Å². The van der Waals surface area contributed by atoms with Gasteiger partial charge in [0.2, 0.25) is 5.95 Å². The van der Waals surface area contributed by atoms with Gasteiger partial charge in [-0.3, -0.25) is 0 Å². The molecule has 3 rings (SSSR count). The largest absolute Gasteiger partial charge is 0.326 e. The summed E-state index contributed by atoms with van der Waals surface area (Å²) < 4.78 is 2.14. The van der Waals surface area contributed by atoms with Gasteiger partial charge in [0.15, 0.2) is 0 Å². The van der Waals surface area contributed by atoms with E-state index in [1.807, 2.05) is 44.2 Å². The Kier molecular flexibility index (Phi) is 3.75. The highest BCUT2D eigenvalue weighted by Gasteiger charge is 2.16. The number of hydrogen-bond donors (Lipinski definition) is 1. The molecule has 0 amide bonds. The molecule has 0 bridgehead atoms. The van der Waals surface area contributed by atoms with Crippen LogP contribution >= 0.6 is 11.3 Å². The molecule has 1 aromatic carbocycles. The Balaban J connectivity index is 1.92. The molecule has 5 heteroatoms. The van der Waals surface area contributed by atoms with Crippen molar-refractivity contribution in [2.24, 2.45) is 0 Å². The Morgan fingerprint density at radius 3 is 2.52 bits per heavy atom. The molecule has 3 aromatic rings. The van der Waals surface area contributed by atoms with Crippen molar-refractivity contribution in [2.45, 2.75) is 26.8 Å². The lowest BCUT2D eigenvalue weighted by molar-refractivity contribution is 0.640. The number of thiazole rings is 1. The predicted molar refractivity (Wildman–Crippen MR) is 87.4 cm³/mol. The summed E-state index contributed by atoms with van der Waals surface area (Å²) in [5.74, 6) is 0.846. The highest BCUT2D eigenvalue weighted by atomic mass is 32.1. The molecule has 1 atom stereocenters. The molecule has 2 heterocycles. The van der Waals surface area contributed by atoms with Gasteiger partial charge in [-0.2, -0.15) is 0 Å². The highest BCUT2D eigenvalue weighted by Crippen LogP contribution is 2.27. The first-order valence-electron chi connectivity index (χ1n) is 6.93. The number of imidazole rings is 1. The first-order valence-corrected chi connectivity index (χ1v) is 7.81. The van der Waals surface area contributed by atoms with E-state index >= 15 is 0 Å². The fourth-order valence-electron chi connectivity index (χ4n) is 2.24. The van der Waals surface area contributed by atoms with Crippen molar-refractivity contribution in [1.29, 1.82) is 0 Å². The van der Waals surface area contributed by atoms with Crippen LogP contribution in [0.5, 0.6) is 0 Å². The molecule has 0 aliphatic carbocycles. The van der Waals surface area contributed by atoms with Crippen molar-refractivity contribution in [3.63, 3.8) is 0 Å². The van der Waals surface area contributed by atoms with Gasteiger partial charge in [-0.15, -0.1) is 11.3 Å². The van der Waals surface area contributed by atoms with Crippen LogP contribution in [-0.2, 0) is 0 Å². The van der Waals surface area contributed by atoms with Crippen LogP contribution in [0.25, 0.3) is 0 Å². The first-order chi connectivity index (χ1) is 10.1. The van der Waals surface area contributed by atoms with E-state index in [1.165, 1.54) is 0 Å². The molecule has 0 saturated carbocycles. The Hall–Kier alpha value is -2.14. The molecule has 108 valence electrons. The molecule has 21 heavy (non-hydrogen) atoms. The van der Waals surface area contributed by atoms with E-state index in [2.05, 4.69) is 38.4 Å². The Morgan fingerprint density at radius 1 is 1.10 bits per heavy atom. The number of hydrogen-bond acceptors (Lipinski definition) is 4. The number of nitrogens with one attached hydrogen (secondary N) is 1. The summed E-state index contributed by atoms with van der Waals surface area (Å²) in [6.45, 7) is 6.18. The van der Waals surface area contributed by atoms with Gasteiger partial charge in [0, 0.05) is 23.0 Å². The van der Waals surface area contributed by atoms with Gasteiger partial charge >= 0.3 is 0 Å². The summed E-state index contributed by atoms with van der Waals surface area (Å²) in [6, 6.07) is 10.3. The van der Waals surface area contributed by atoms with E-state index in [-0.39, 0.29) is 6.04 Å². The van der Waals surface area contributed by atoms with Crippen LogP contribution < -0.4 is 5.32 Å². The zero-order valence-electron chi connectivity index (χ0n) is 12.4. The molecular weight excluding hydrogens is 280 g/mol. The topological polar surface area (TPSA) is 42.7 Å². The number of rotatable bonds is 4. The monoisotopic (exact) mass is 298 g/mol. The summed E-state index contributed by atoms with van der Waals surface area (Å²) in [5.41, 5.74) is 3.09. The van der Waals surface area contributed by atoms with Crippen LogP contribution in [0, 0.1) is 13.8 Å². The smallest absolute Gasteiger partial charge is 0.208 e. The first kappa shape index (κ1) is 13.8. The summed E-state index contributed by atoms with van der Waals surface area (Å²) in [6.07, 6.45) is 2.06. The molecule has 0 saturated heterocycles. The van der Waals surface area contributed by atoms with Gasteiger partial charge in [0.1, 0.15) is 5.01 Å². The van der Waals surface area contributed by atoms with Crippen LogP contribution in [0.3, 0.4) is 0 Å². The summed E-state index contributed by atoms with van der Waals surface area (Å²) in [7, 11) is 0. The Bertz CT molecular complexity index is 730. The molecule has 0 spiro atoms. The predicted octanol–water partition coefficient (Wildman–Crippen LogP) is 4.31. The van der Waals surface area contributed by atoms with E-state index < -0.39 is 0 Å². The molecular formula is C16H18N4S. The third-order valence-electron chi connectivity index (χ3n) is 3.29. The summed E-state index contributed by atoms with van der Waals surface area (Å²) in [4.78, 5) is 9.17. The maximum Gasteiger partial charge on any atom is 0.208 e. The van der Waals surface area contributed by atoms with Gasteiger partial charge in [-0.25, -0.2) is 9.97 Å². The van der Waals surface area contributed by atoms with Gasteiger partial charge in [0.05, 0.1) is 11.7 Å². The lowest BCUT2D eigenvalue weighted by Crippen LogP contribution is -2.09.